The number of hydrogen-bond donors (Lipinski definition) is 1. The first-order valence-electron chi connectivity index (χ1n) is 9.18. The molecule has 1 atom stereocenters. The highest BCUT2D eigenvalue weighted by Crippen LogP contribution is 2.28. The van der Waals surface area contributed by atoms with Crippen LogP contribution in [0.5, 0.6) is 0 Å². The molecule has 0 bridgehead atoms. The van der Waals surface area contributed by atoms with E-state index in [0.717, 1.165) is 25.1 Å². The van der Waals surface area contributed by atoms with E-state index in [1.807, 2.05) is 4.90 Å². The molecule has 0 aliphatic carbocycles. The normalized spacial score (nSPS) is 21.7. The van der Waals surface area contributed by atoms with Gasteiger partial charge in [0.2, 0.25) is 11.8 Å². The highest BCUT2D eigenvalue weighted by Gasteiger charge is 2.33. The summed E-state index contributed by atoms with van der Waals surface area (Å²) in [6, 6.07) is 1.53. The maximum Gasteiger partial charge on any atom is 0.250 e. The van der Waals surface area contributed by atoms with E-state index in [1.54, 1.807) is 4.90 Å². The van der Waals surface area contributed by atoms with Crippen LogP contribution in [0.25, 0.3) is 0 Å². The highest BCUT2D eigenvalue weighted by molar-refractivity contribution is 5.80. The molecule has 2 aliphatic rings. The summed E-state index contributed by atoms with van der Waals surface area (Å²) >= 11 is 0. The molecule has 3 rings (SSSR count). The fraction of sp³-hybridized carbons (Fsp3) is 0.667. The van der Waals surface area contributed by atoms with Gasteiger partial charge in [0.1, 0.15) is 6.61 Å². The molecular weight excluding hydrogens is 336 g/mol. The van der Waals surface area contributed by atoms with Crippen molar-refractivity contribution in [3.05, 3.63) is 28.4 Å². The quantitative estimate of drug-likeness (QED) is 0.834. The van der Waals surface area contributed by atoms with Gasteiger partial charge in [0.15, 0.2) is 0 Å². The van der Waals surface area contributed by atoms with E-state index in [9.17, 15) is 14.4 Å². The summed E-state index contributed by atoms with van der Waals surface area (Å²) < 4.78 is 4.89. The molecule has 1 aromatic rings. The zero-order chi connectivity index (χ0) is 18.5. The van der Waals surface area contributed by atoms with Crippen LogP contribution in [0.2, 0.25) is 0 Å². The van der Waals surface area contributed by atoms with E-state index in [-0.39, 0.29) is 35.8 Å². The first-order chi connectivity index (χ1) is 12.6. The molecule has 2 fully saturated rings. The van der Waals surface area contributed by atoms with Gasteiger partial charge in [-0.3, -0.25) is 14.4 Å². The van der Waals surface area contributed by atoms with Gasteiger partial charge < -0.3 is 19.5 Å². The van der Waals surface area contributed by atoms with Crippen molar-refractivity contribution >= 4 is 11.8 Å². The number of H-pyrrole nitrogens is 1. The third kappa shape index (κ3) is 4.30. The Balaban J connectivity index is 1.56. The van der Waals surface area contributed by atoms with Gasteiger partial charge in [0.05, 0.1) is 12.0 Å². The molecule has 1 unspecified atom stereocenters. The van der Waals surface area contributed by atoms with Crippen molar-refractivity contribution < 1.29 is 14.3 Å². The number of amides is 2. The van der Waals surface area contributed by atoms with Crippen LogP contribution >= 0.6 is 0 Å². The summed E-state index contributed by atoms with van der Waals surface area (Å²) in [6.45, 7) is 2.66. The van der Waals surface area contributed by atoms with Crippen LogP contribution < -0.4 is 5.56 Å². The molecule has 2 amide bonds. The van der Waals surface area contributed by atoms with Crippen LogP contribution in [-0.4, -0.2) is 71.5 Å². The minimum atomic E-state index is -0.161. The summed E-state index contributed by atoms with van der Waals surface area (Å²) in [6.07, 6.45) is 4.66. The summed E-state index contributed by atoms with van der Waals surface area (Å²) in [5, 5.41) is 0. The predicted octanol–water partition coefficient (Wildman–Crippen LogP) is 0.361. The topological polar surface area (TPSA) is 95.6 Å². The SMILES string of the molecule is COCC(=O)N1CCC(C(=O)N2CCCC(c3cc(=O)[nH]cn3)C2)CC1. The van der Waals surface area contributed by atoms with Gasteiger partial charge in [-0.25, -0.2) is 4.98 Å². The van der Waals surface area contributed by atoms with E-state index in [4.69, 9.17) is 4.74 Å². The zero-order valence-electron chi connectivity index (χ0n) is 15.1. The van der Waals surface area contributed by atoms with Crippen LogP contribution in [0.1, 0.15) is 37.3 Å². The molecule has 1 aromatic heterocycles. The Morgan fingerprint density at radius 2 is 2.00 bits per heavy atom. The number of aromatic nitrogens is 2. The maximum absolute atomic E-state index is 12.9. The van der Waals surface area contributed by atoms with Crippen molar-refractivity contribution in [2.75, 3.05) is 39.9 Å². The van der Waals surface area contributed by atoms with Crippen molar-refractivity contribution in [3.8, 4) is 0 Å². The number of ether oxygens (including phenoxy) is 1. The number of likely N-dealkylation sites (tertiary alicyclic amines) is 2. The monoisotopic (exact) mass is 362 g/mol. The fourth-order valence-corrected chi connectivity index (χ4v) is 3.87. The first-order valence-corrected chi connectivity index (χ1v) is 9.18. The Hall–Kier alpha value is -2.22. The van der Waals surface area contributed by atoms with Gasteiger partial charge in [-0.15, -0.1) is 0 Å². The molecule has 0 radical (unpaired) electrons. The van der Waals surface area contributed by atoms with Gasteiger partial charge in [-0.05, 0) is 25.7 Å². The van der Waals surface area contributed by atoms with Gasteiger partial charge in [-0.1, -0.05) is 0 Å². The third-order valence-electron chi connectivity index (χ3n) is 5.32. The maximum atomic E-state index is 12.9. The highest BCUT2D eigenvalue weighted by atomic mass is 16.5. The number of aromatic amines is 1. The summed E-state index contributed by atoms with van der Waals surface area (Å²) in [5.74, 6) is 0.223. The van der Waals surface area contributed by atoms with Crippen LogP contribution in [0.15, 0.2) is 17.2 Å². The number of piperidine rings is 2. The summed E-state index contributed by atoms with van der Waals surface area (Å²) in [5.41, 5.74) is 0.595. The molecule has 26 heavy (non-hydrogen) atoms. The largest absolute Gasteiger partial charge is 0.375 e. The zero-order valence-corrected chi connectivity index (χ0v) is 15.1. The van der Waals surface area contributed by atoms with Crippen LogP contribution in [-0.2, 0) is 14.3 Å². The number of nitrogens with one attached hydrogen (secondary N) is 1. The van der Waals surface area contributed by atoms with Crippen LogP contribution in [0.4, 0.5) is 0 Å². The second-order valence-electron chi connectivity index (χ2n) is 7.05. The number of methoxy groups -OCH3 is 1. The second-order valence-corrected chi connectivity index (χ2v) is 7.05. The molecule has 0 aromatic carbocycles. The van der Waals surface area contributed by atoms with E-state index >= 15 is 0 Å². The smallest absolute Gasteiger partial charge is 0.250 e. The Morgan fingerprint density at radius 3 is 2.69 bits per heavy atom. The molecule has 2 aliphatic heterocycles. The Bertz CT molecular complexity index is 696. The average Bonchev–Trinajstić information content (AvgIpc) is 2.68. The van der Waals surface area contributed by atoms with Crippen molar-refractivity contribution in [2.24, 2.45) is 5.92 Å². The number of rotatable bonds is 4. The van der Waals surface area contributed by atoms with Gasteiger partial charge in [-0.2, -0.15) is 0 Å². The fourth-order valence-electron chi connectivity index (χ4n) is 3.87. The minimum Gasteiger partial charge on any atom is -0.375 e. The molecule has 8 nitrogen and oxygen atoms in total. The van der Waals surface area contributed by atoms with E-state index in [1.165, 1.54) is 19.5 Å². The van der Waals surface area contributed by atoms with Gasteiger partial charge in [0.25, 0.3) is 5.56 Å². The van der Waals surface area contributed by atoms with Crippen molar-refractivity contribution in [1.29, 1.82) is 0 Å². The molecular formula is C18H26N4O4. The lowest BCUT2D eigenvalue weighted by molar-refractivity contribution is -0.143. The van der Waals surface area contributed by atoms with Crippen molar-refractivity contribution in [1.82, 2.24) is 19.8 Å². The first kappa shape index (κ1) is 18.6. The molecule has 0 saturated carbocycles. The lowest BCUT2D eigenvalue weighted by atomic mass is 9.91. The van der Waals surface area contributed by atoms with E-state index in [0.29, 0.717) is 32.5 Å². The average molecular weight is 362 g/mol. The lowest BCUT2D eigenvalue weighted by Crippen LogP contribution is -2.47. The predicted molar refractivity (Wildman–Crippen MR) is 94.6 cm³/mol. The lowest BCUT2D eigenvalue weighted by Gasteiger charge is -2.37. The van der Waals surface area contributed by atoms with Crippen molar-refractivity contribution in [2.45, 2.75) is 31.6 Å². The van der Waals surface area contributed by atoms with Crippen LogP contribution in [0.3, 0.4) is 0 Å². The van der Waals surface area contributed by atoms with E-state index in [2.05, 4.69) is 9.97 Å². The molecule has 1 N–H and O–H groups in total. The number of carbonyl (C=O) groups excluding carboxylic acids is 2. The Labute approximate surface area is 152 Å². The number of carbonyl (C=O) groups is 2. The molecule has 8 heteroatoms. The molecule has 142 valence electrons. The molecule has 2 saturated heterocycles. The van der Waals surface area contributed by atoms with E-state index < -0.39 is 0 Å². The molecule has 3 heterocycles. The van der Waals surface area contributed by atoms with Crippen molar-refractivity contribution in [3.63, 3.8) is 0 Å². The van der Waals surface area contributed by atoms with Gasteiger partial charge >= 0.3 is 0 Å². The summed E-state index contributed by atoms with van der Waals surface area (Å²) in [4.78, 5) is 46.8. The number of hydrogen-bond acceptors (Lipinski definition) is 5. The van der Waals surface area contributed by atoms with Gasteiger partial charge in [0, 0.05) is 51.2 Å². The summed E-state index contributed by atoms with van der Waals surface area (Å²) in [7, 11) is 1.51. The number of nitrogens with zero attached hydrogens (tertiary/aromatic N) is 3. The Morgan fingerprint density at radius 1 is 1.23 bits per heavy atom. The standard InChI is InChI=1S/C18H26N4O4/c1-26-11-17(24)21-7-4-13(5-8-21)18(25)22-6-2-3-14(10-22)15-9-16(23)20-12-19-15/h9,12-14H,2-8,10-11H2,1H3,(H,19,20,23). The Kier molecular flexibility index (Phi) is 6.03. The van der Waals surface area contributed by atoms with Crippen LogP contribution in [0, 0.1) is 5.92 Å². The molecule has 0 spiro atoms. The minimum absolute atomic E-state index is 0.0168. The third-order valence-corrected chi connectivity index (χ3v) is 5.32. The second kappa shape index (κ2) is 8.44.